The van der Waals surface area contributed by atoms with Gasteiger partial charge in [-0.2, -0.15) is 0 Å². The molecule has 0 aromatic heterocycles. The fraction of sp³-hybridized carbons (Fsp3) is 0.684. The van der Waals surface area contributed by atoms with Gasteiger partial charge in [0.05, 0.1) is 6.10 Å². The van der Waals surface area contributed by atoms with Crippen LogP contribution in [0.3, 0.4) is 0 Å². The molecule has 2 rings (SSSR count). The topological polar surface area (TPSA) is 44.3 Å². The van der Waals surface area contributed by atoms with E-state index in [9.17, 15) is 5.11 Å². The van der Waals surface area contributed by atoms with Crippen molar-refractivity contribution in [2.75, 3.05) is 18.4 Å². The quantitative estimate of drug-likeness (QED) is 0.572. The minimum atomic E-state index is -0.425. The lowest BCUT2D eigenvalue weighted by molar-refractivity contribution is 0.136. The molecule has 22 heavy (non-hydrogen) atoms. The SMILES string of the molecule is CCCCCCCCNC(C)C(O)c1ccc2c(c1)CCN2. The van der Waals surface area contributed by atoms with Crippen LogP contribution in [0.1, 0.15) is 69.6 Å². The van der Waals surface area contributed by atoms with Gasteiger partial charge >= 0.3 is 0 Å². The molecule has 1 heterocycles. The number of hydrogen-bond donors (Lipinski definition) is 3. The maximum atomic E-state index is 10.5. The van der Waals surface area contributed by atoms with Gasteiger partial charge in [0.1, 0.15) is 0 Å². The van der Waals surface area contributed by atoms with Crippen LogP contribution in [0.2, 0.25) is 0 Å². The van der Waals surface area contributed by atoms with Crippen molar-refractivity contribution >= 4 is 5.69 Å². The number of hydrogen-bond acceptors (Lipinski definition) is 3. The second kappa shape index (κ2) is 9.16. The van der Waals surface area contributed by atoms with Crippen molar-refractivity contribution in [1.29, 1.82) is 0 Å². The maximum Gasteiger partial charge on any atom is 0.0940 e. The molecule has 3 nitrogen and oxygen atoms in total. The number of benzene rings is 1. The Labute approximate surface area is 135 Å². The first kappa shape index (κ1) is 17.3. The normalized spacial score (nSPS) is 16.1. The zero-order valence-electron chi connectivity index (χ0n) is 14.2. The molecule has 2 atom stereocenters. The summed E-state index contributed by atoms with van der Waals surface area (Å²) in [5.74, 6) is 0. The fourth-order valence-corrected chi connectivity index (χ4v) is 3.14. The fourth-order valence-electron chi connectivity index (χ4n) is 3.14. The van der Waals surface area contributed by atoms with Gasteiger partial charge in [-0.05, 0) is 43.5 Å². The standard InChI is InChI=1S/C19H32N2O/c1-3-4-5-6-7-8-12-20-15(2)19(22)17-9-10-18-16(14-17)11-13-21-18/h9-10,14-15,19-22H,3-8,11-13H2,1-2H3. The van der Waals surface area contributed by atoms with Crippen molar-refractivity contribution in [2.24, 2.45) is 0 Å². The van der Waals surface area contributed by atoms with Crippen molar-refractivity contribution in [1.82, 2.24) is 5.32 Å². The molecule has 0 bridgehead atoms. The van der Waals surface area contributed by atoms with Gasteiger partial charge in [-0.25, -0.2) is 0 Å². The number of rotatable bonds is 10. The highest BCUT2D eigenvalue weighted by Gasteiger charge is 2.18. The van der Waals surface area contributed by atoms with Crippen molar-refractivity contribution < 1.29 is 5.11 Å². The number of anilines is 1. The summed E-state index contributed by atoms with van der Waals surface area (Å²) in [4.78, 5) is 0. The third-order valence-electron chi connectivity index (χ3n) is 4.65. The Morgan fingerprint density at radius 2 is 1.95 bits per heavy atom. The number of unbranched alkanes of at least 4 members (excludes halogenated alkanes) is 5. The number of aliphatic hydroxyl groups excluding tert-OH is 1. The molecule has 1 aromatic carbocycles. The summed E-state index contributed by atoms with van der Waals surface area (Å²) in [6.45, 7) is 6.34. The van der Waals surface area contributed by atoms with Gasteiger partial charge < -0.3 is 15.7 Å². The molecule has 0 saturated carbocycles. The minimum absolute atomic E-state index is 0.100. The molecule has 0 radical (unpaired) electrons. The largest absolute Gasteiger partial charge is 0.387 e. The molecule has 0 spiro atoms. The van der Waals surface area contributed by atoms with Crippen LogP contribution in [0.25, 0.3) is 0 Å². The monoisotopic (exact) mass is 304 g/mol. The first-order valence-electron chi connectivity index (χ1n) is 9.00. The van der Waals surface area contributed by atoms with Gasteiger partial charge in [0.15, 0.2) is 0 Å². The van der Waals surface area contributed by atoms with Crippen LogP contribution in [0, 0.1) is 0 Å². The van der Waals surface area contributed by atoms with E-state index in [0.29, 0.717) is 0 Å². The van der Waals surface area contributed by atoms with Crippen molar-refractivity contribution in [3.05, 3.63) is 29.3 Å². The van der Waals surface area contributed by atoms with E-state index in [2.05, 4.69) is 36.6 Å². The van der Waals surface area contributed by atoms with E-state index in [4.69, 9.17) is 0 Å². The Hall–Kier alpha value is -1.06. The molecule has 2 unspecified atom stereocenters. The van der Waals surface area contributed by atoms with E-state index in [1.54, 1.807) is 0 Å². The molecule has 0 fully saturated rings. The predicted octanol–water partition coefficient (Wildman–Crippen LogP) is 4.03. The molecule has 1 aliphatic rings. The van der Waals surface area contributed by atoms with Gasteiger partial charge in [-0.1, -0.05) is 51.2 Å². The molecule has 1 aromatic rings. The zero-order chi connectivity index (χ0) is 15.8. The van der Waals surface area contributed by atoms with Crippen LogP contribution < -0.4 is 10.6 Å². The van der Waals surface area contributed by atoms with Gasteiger partial charge in [0.25, 0.3) is 0 Å². The molecule has 124 valence electrons. The Morgan fingerprint density at radius 1 is 1.18 bits per heavy atom. The summed E-state index contributed by atoms with van der Waals surface area (Å²) in [7, 11) is 0. The van der Waals surface area contributed by atoms with Gasteiger partial charge in [0, 0.05) is 18.3 Å². The summed E-state index contributed by atoms with van der Waals surface area (Å²) in [5, 5.41) is 17.3. The summed E-state index contributed by atoms with van der Waals surface area (Å²) in [6.07, 6.45) is 8.49. The molecule has 0 saturated heterocycles. The van der Waals surface area contributed by atoms with Crippen molar-refractivity contribution in [3.63, 3.8) is 0 Å². The number of nitrogens with one attached hydrogen (secondary N) is 2. The molecular formula is C19H32N2O. The summed E-state index contributed by atoms with van der Waals surface area (Å²) >= 11 is 0. The van der Waals surface area contributed by atoms with Crippen LogP contribution >= 0.6 is 0 Å². The van der Waals surface area contributed by atoms with E-state index in [-0.39, 0.29) is 6.04 Å². The van der Waals surface area contributed by atoms with Crippen LogP contribution in [0.4, 0.5) is 5.69 Å². The summed E-state index contributed by atoms with van der Waals surface area (Å²) < 4.78 is 0. The van der Waals surface area contributed by atoms with Gasteiger partial charge in [-0.15, -0.1) is 0 Å². The lowest BCUT2D eigenvalue weighted by atomic mass is 10.00. The van der Waals surface area contributed by atoms with E-state index in [1.165, 1.54) is 49.8 Å². The second-order valence-electron chi connectivity index (χ2n) is 6.55. The summed E-state index contributed by atoms with van der Waals surface area (Å²) in [5.41, 5.74) is 3.59. The average Bonchev–Trinajstić information content (AvgIpc) is 3.00. The Bertz CT molecular complexity index is 447. The maximum absolute atomic E-state index is 10.5. The molecular weight excluding hydrogens is 272 g/mol. The molecule has 0 amide bonds. The Balaban J connectivity index is 1.69. The van der Waals surface area contributed by atoms with Crippen LogP contribution in [0.15, 0.2) is 18.2 Å². The first-order chi connectivity index (χ1) is 10.7. The second-order valence-corrected chi connectivity index (χ2v) is 6.55. The predicted molar refractivity (Wildman–Crippen MR) is 94.4 cm³/mol. The summed E-state index contributed by atoms with van der Waals surface area (Å²) in [6, 6.07) is 6.40. The van der Waals surface area contributed by atoms with E-state index >= 15 is 0 Å². The molecule has 0 aliphatic carbocycles. The van der Waals surface area contributed by atoms with Crippen molar-refractivity contribution in [3.8, 4) is 0 Å². The Morgan fingerprint density at radius 3 is 2.77 bits per heavy atom. The van der Waals surface area contributed by atoms with E-state index in [0.717, 1.165) is 25.1 Å². The molecule has 3 heteroatoms. The average molecular weight is 304 g/mol. The number of aliphatic hydroxyl groups is 1. The van der Waals surface area contributed by atoms with E-state index in [1.807, 2.05) is 6.07 Å². The first-order valence-corrected chi connectivity index (χ1v) is 9.00. The molecule has 3 N–H and O–H groups in total. The highest BCUT2D eigenvalue weighted by atomic mass is 16.3. The van der Waals surface area contributed by atoms with Crippen molar-refractivity contribution in [2.45, 2.75) is 70.9 Å². The lowest BCUT2D eigenvalue weighted by Gasteiger charge is -2.21. The van der Waals surface area contributed by atoms with Crippen LogP contribution in [-0.4, -0.2) is 24.2 Å². The van der Waals surface area contributed by atoms with Crippen LogP contribution in [0.5, 0.6) is 0 Å². The smallest absolute Gasteiger partial charge is 0.0940 e. The minimum Gasteiger partial charge on any atom is -0.387 e. The number of fused-ring (bicyclic) bond motifs is 1. The van der Waals surface area contributed by atoms with Gasteiger partial charge in [-0.3, -0.25) is 0 Å². The third-order valence-corrected chi connectivity index (χ3v) is 4.65. The molecule has 1 aliphatic heterocycles. The van der Waals surface area contributed by atoms with E-state index < -0.39 is 6.10 Å². The zero-order valence-corrected chi connectivity index (χ0v) is 14.2. The highest BCUT2D eigenvalue weighted by Crippen LogP contribution is 2.27. The van der Waals surface area contributed by atoms with Gasteiger partial charge in [0.2, 0.25) is 0 Å². The van der Waals surface area contributed by atoms with Crippen LogP contribution in [-0.2, 0) is 6.42 Å². The third kappa shape index (κ3) is 4.99. The highest BCUT2D eigenvalue weighted by molar-refractivity contribution is 5.56. The lowest BCUT2D eigenvalue weighted by Crippen LogP contribution is -2.32. The Kier molecular flexibility index (Phi) is 7.20.